The largest absolute Gasteiger partial charge is 0.457 e. The van der Waals surface area contributed by atoms with Gasteiger partial charge < -0.3 is 4.74 Å². The summed E-state index contributed by atoms with van der Waals surface area (Å²) < 4.78 is 6.15. The van der Waals surface area contributed by atoms with Crippen molar-refractivity contribution in [2.45, 2.75) is 30.6 Å². The third-order valence-electron chi connectivity index (χ3n) is 4.57. The smallest absolute Gasteiger partial charge is 0.131 e. The second-order valence-electron chi connectivity index (χ2n) is 6.39. The average Bonchev–Trinajstić information content (AvgIpc) is 2.59. The highest BCUT2D eigenvalue weighted by atomic mass is 33.1. The number of hydrogen-bond acceptors (Lipinski definition) is 2. The van der Waals surface area contributed by atoms with Crippen molar-refractivity contribution in [2.24, 2.45) is 0 Å². The van der Waals surface area contributed by atoms with Gasteiger partial charge >= 0.3 is 0 Å². The van der Waals surface area contributed by atoms with Crippen molar-refractivity contribution in [2.75, 3.05) is 0 Å². The molecule has 0 fully saturated rings. The third-order valence-corrected chi connectivity index (χ3v) is 7.80. The Morgan fingerprint density at radius 3 is 2.32 bits per heavy atom. The highest BCUT2D eigenvalue weighted by molar-refractivity contribution is 8.83. The number of aryl methyl sites for hydroxylation is 3. The summed E-state index contributed by atoms with van der Waals surface area (Å²) in [6.45, 7) is 6.45. The molecule has 3 aromatic rings. The van der Waals surface area contributed by atoms with E-state index < -0.39 is 0 Å². The summed E-state index contributed by atoms with van der Waals surface area (Å²) in [6, 6.07) is 19.0. The quantitative estimate of drug-likeness (QED) is 0.353. The second-order valence-corrected chi connectivity index (χ2v) is 9.83. The van der Waals surface area contributed by atoms with Gasteiger partial charge in [0, 0.05) is 15.4 Å². The van der Waals surface area contributed by atoms with Crippen molar-refractivity contribution in [3.8, 4) is 22.6 Å². The molecule has 0 aliphatic carbocycles. The molecular weight excluding hydrogens is 344 g/mol. The van der Waals surface area contributed by atoms with E-state index in [-0.39, 0.29) is 9.52 Å². The summed E-state index contributed by atoms with van der Waals surface area (Å²) in [5.74, 6) is 6.17. The molecule has 1 heterocycles. The molecule has 0 saturated carbocycles. The molecule has 126 valence electrons. The van der Waals surface area contributed by atoms with E-state index in [1.807, 2.05) is 41.1 Å². The number of rotatable bonds is 2. The Kier molecular flexibility index (Phi) is 4.22. The summed E-state index contributed by atoms with van der Waals surface area (Å²) >= 11 is 0. The SMILES string of the molecule is C=S1Sc2cc(C)c(Oc3ccccc3)cc2-c2cc(C)c(C)cc21. The van der Waals surface area contributed by atoms with E-state index in [2.05, 4.69) is 50.9 Å². The maximum atomic E-state index is 6.15. The standard InChI is InChI=1S/C22H20OS2/c1-14-10-19-18-13-20(23-17-8-6-5-7-9-17)16(3)11-21(18)24-25(4)22(19)12-15(14)2/h5-13H,4H2,1-3H3. The van der Waals surface area contributed by atoms with Gasteiger partial charge in [-0.2, -0.15) is 0 Å². The van der Waals surface area contributed by atoms with Crippen LogP contribution in [0, 0.1) is 20.8 Å². The molecular formula is C22H20OS2. The van der Waals surface area contributed by atoms with Crippen LogP contribution in [-0.2, 0) is 0 Å². The summed E-state index contributed by atoms with van der Waals surface area (Å²) in [6.07, 6.45) is 0. The molecule has 1 unspecified atom stereocenters. The molecule has 1 nitrogen and oxygen atoms in total. The Morgan fingerprint density at radius 2 is 1.56 bits per heavy atom. The minimum absolute atomic E-state index is 0.0720. The summed E-state index contributed by atoms with van der Waals surface area (Å²) in [7, 11) is 1.79. The molecule has 0 aromatic heterocycles. The van der Waals surface area contributed by atoms with Crippen LogP contribution in [-0.4, -0.2) is 5.87 Å². The summed E-state index contributed by atoms with van der Waals surface area (Å²) in [5, 5.41) is 0. The Hall–Kier alpha value is -1.97. The van der Waals surface area contributed by atoms with Crippen LogP contribution in [0.25, 0.3) is 11.1 Å². The minimum atomic E-state index is -0.0720. The van der Waals surface area contributed by atoms with Crippen LogP contribution in [0.3, 0.4) is 0 Å². The van der Waals surface area contributed by atoms with Crippen LogP contribution in [0.5, 0.6) is 11.5 Å². The van der Waals surface area contributed by atoms with E-state index >= 15 is 0 Å². The van der Waals surface area contributed by atoms with Crippen LogP contribution in [0.15, 0.2) is 64.4 Å². The molecule has 3 aromatic carbocycles. The van der Waals surface area contributed by atoms with Crippen LogP contribution < -0.4 is 4.74 Å². The van der Waals surface area contributed by atoms with Gasteiger partial charge in [-0.15, -0.1) is 0 Å². The molecule has 0 saturated heterocycles. The molecule has 1 aliphatic rings. The van der Waals surface area contributed by atoms with Crippen molar-refractivity contribution in [1.29, 1.82) is 0 Å². The van der Waals surface area contributed by atoms with Gasteiger partial charge in [-0.05, 0) is 79.4 Å². The zero-order chi connectivity index (χ0) is 17.6. The molecule has 3 heteroatoms. The number of fused-ring (bicyclic) bond motifs is 3. The van der Waals surface area contributed by atoms with Gasteiger partial charge in [-0.1, -0.05) is 44.4 Å². The molecule has 4 rings (SSSR count). The van der Waals surface area contributed by atoms with Gasteiger partial charge in [0.15, 0.2) is 0 Å². The lowest BCUT2D eigenvalue weighted by atomic mass is 9.99. The van der Waals surface area contributed by atoms with E-state index in [4.69, 9.17) is 4.74 Å². The lowest BCUT2D eigenvalue weighted by molar-refractivity contribution is 0.478. The van der Waals surface area contributed by atoms with Crippen molar-refractivity contribution >= 4 is 26.2 Å². The van der Waals surface area contributed by atoms with Crippen molar-refractivity contribution in [3.63, 3.8) is 0 Å². The molecule has 1 aliphatic heterocycles. The molecule has 0 N–H and O–H groups in total. The zero-order valence-electron chi connectivity index (χ0n) is 14.6. The molecule has 0 radical (unpaired) electrons. The van der Waals surface area contributed by atoms with Crippen molar-refractivity contribution in [1.82, 2.24) is 0 Å². The Morgan fingerprint density at radius 1 is 0.840 bits per heavy atom. The molecule has 0 spiro atoms. The van der Waals surface area contributed by atoms with Crippen molar-refractivity contribution < 1.29 is 4.74 Å². The van der Waals surface area contributed by atoms with Gasteiger partial charge in [0.2, 0.25) is 0 Å². The summed E-state index contributed by atoms with van der Waals surface area (Å²) in [4.78, 5) is 2.64. The van der Waals surface area contributed by atoms with Crippen LogP contribution >= 0.6 is 20.3 Å². The number of hydrogen-bond donors (Lipinski definition) is 0. The average molecular weight is 365 g/mol. The van der Waals surface area contributed by atoms with Gasteiger partial charge in [0.25, 0.3) is 0 Å². The maximum Gasteiger partial charge on any atom is 0.131 e. The van der Waals surface area contributed by atoms with Crippen LogP contribution in [0.1, 0.15) is 16.7 Å². The van der Waals surface area contributed by atoms with Gasteiger partial charge in [0.05, 0.1) is 0 Å². The fourth-order valence-corrected chi connectivity index (χ4v) is 6.27. The second kappa shape index (κ2) is 6.40. The first-order valence-corrected chi connectivity index (χ1v) is 11.0. The first-order chi connectivity index (χ1) is 12.0. The lowest BCUT2D eigenvalue weighted by Crippen LogP contribution is -1.97. The number of para-hydroxylation sites is 1. The van der Waals surface area contributed by atoms with E-state index in [9.17, 15) is 0 Å². The third kappa shape index (κ3) is 3.03. The Bertz CT molecular complexity index is 991. The zero-order valence-corrected chi connectivity index (χ0v) is 16.3. The molecule has 1 atom stereocenters. The molecule has 25 heavy (non-hydrogen) atoms. The van der Waals surface area contributed by atoms with Crippen LogP contribution in [0.2, 0.25) is 0 Å². The summed E-state index contributed by atoms with van der Waals surface area (Å²) in [5.41, 5.74) is 6.36. The van der Waals surface area contributed by atoms with E-state index in [1.165, 1.54) is 32.0 Å². The fraction of sp³-hybridized carbons (Fsp3) is 0.136. The lowest BCUT2D eigenvalue weighted by Gasteiger charge is -2.24. The predicted molar refractivity (Wildman–Crippen MR) is 111 cm³/mol. The van der Waals surface area contributed by atoms with Crippen molar-refractivity contribution in [3.05, 3.63) is 71.3 Å². The predicted octanol–water partition coefficient (Wildman–Crippen LogP) is 7.15. The van der Waals surface area contributed by atoms with Gasteiger partial charge in [-0.3, -0.25) is 0 Å². The fourth-order valence-electron chi connectivity index (χ4n) is 3.01. The van der Waals surface area contributed by atoms with E-state index in [1.54, 1.807) is 0 Å². The topological polar surface area (TPSA) is 9.23 Å². The van der Waals surface area contributed by atoms with E-state index in [0.29, 0.717) is 0 Å². The van der Waals surface area contributed by atoms with Crippen LogP contribution in [0.4, 0.5) is 0 Å². The maximum absolute atomic E-state index is 6.15. The normalized spacial score (nSPS) is 15.4. The Labute approximate surface area is 155 Å². The Balaban J connectivity index is 1.86. The highest BCUT2D eigenvalue weighted by Crippen LogP contribution is 2.56. The first-order valence-electron chi connectivity index (χ1n) is 8.24. The monoisotopic (exact) mass is 364 g/mol. The number of ether oxygens (including phenoxy) is 1. The first kappa shape index (κ1) is 16.5. The highest BCUT2D eigenvalue weighted by Gasteiger charge is 2.22. The molecule has 0 amide bonds. The molecule has 0 bridgehead atoms. The van der Waals surface area contributed by atoms with Gasteiger partial charge in [0.1, 0.15) is 11.5 Å². The van der Waals surface area contributed by atoms with E-state index in [0.717, 1.165) is 17.1 Å². The number of benzene rings is 3. The van der Waals surface area contributed by atoms with Gasteiger partial charge in [-0.25, -0.2) is 0 Å². The minimum Gasteiger partial charge on any atom is -0.457 e.